The minimum absolute atomic E-state index is 0.202. The van der Waals surface area contributed by atoms with E-state index in [9.17, 15) is 10.2 Å². The van der Waals surface area contributed by atoms with Gasteiger partial charge in [0.25, 0.3) is 0 Å². The molecule has 2 N–H and O–H groups in total. The Bertz CT molecular complexity index is 426. The zero-order valence-corrected chi connectivity index (χ0v) is 13.1. The van der Waals surface area contributed by atoms with Gasteiger partial charge in [0.15, 0.2) is 0 Å². The third kappa shape index (κ3) is 3.50. The van der Waals surface area contributed by atoms with Crippen molar-refractivity contribution in [2.24, 2.45) is 5.92 Å². The second kappa shape index (κ2) is 6.25. The third-order valence-electron chi connectivity index (χ3n) is 4.02. The maximum Gasteiger partial charge on any atom is 0.0772 e. The molecule has 0 bridgehead atoms. The molecule has 3 nitrogen and oxygen atoms in total. The first-order chi connectivity index (χ1) is 8.99. The summed E-state index contributed by atoms with van der Waals surface area (Å²) in [5.74, 6) is 0.427. The van der Waals surface area contributed by atoms with Crippen LogP contribution >= 0.6 is 15.9 Å². The molecule has 0 radical (unpaired) electrons. The lowest BCUT2D eigenvalue weighted by atomic mass is 9.92. The van der Waals surface area contributed by atoms with Gasteiger partial charge in [-0.15, -0.1) is 0 Å². The molecule has 1 saturated heterocycles. The molecule has 1 aromatic carbocycles. The molecule has 1 aliphatic heterocycles. The first-order valence-corrected chi connectivity index (χ1v) is 7.69. The third-order valence-corrected chi connectivity index (χ3v) is 4.71. The monoisotopic (exact) mass is 327 g/mol. The van der Waals surface area contributed by atoms with Gasteiger partial charge in [0.2, 0.25) is 0 Å². The highest BCUT2D eigenvalue weighted by molar-refractivity contribution is 9.10. The molecule has 2 atom stereocenters. The van der Waals surface area contributed by atoms with E-state index >= 15 is 0 Å². The SMILES string of the molecule is CC(O)c1ccc(N2CCC(C(C)O)CC2)cc1Br. The Hall–Kier alpha value is -0.580. The van der Waals surface area contributed by atoms with Crippen LogP contribution in [0.5, 0.6) is 0 Å². The van der Waals surface area contributed by atoms with Gasteiger partial charge >= 0.3 is 0 Å². The van der Waals surface area contributed by atoms with Crippen molar-refractivity contribution < 1.29 is 10.2 Å². The molecule has 1 aromatic rings. The van der Waals surface area contributed by atoms with E-state index < -0.39 is 6.10 Å². The van der Waals surface area contributed by atoms with E-state index in [0.717, 1.165) is 36.0 Å². The summed E-state index contributed by atoms with van der Waals surface area (Å²) >= 11 is 3.52. The summed E-state index contributed by atoms with van der Waals surface area (Å²) in [6, 6.07) is 6.12. The number of rotatable bonds is 3. The Morgan fingerprint density at radius 1 is 1.21 bits per heavy atom. The molecule has 0 saturated carbocycles. The summed E-state index contributed by atoms with van der Waals surface area (Å²) < 4.78 is 0.956. The number of aliphatic hydroxyl groups is 2. The highest BCUT2D eigenvalue weighted by Crippen LogP contribution is 2.31. The average Bonchev–Trinajstić information content (AvgIpc) is 2.38. The Morgan fingerprint density at radius 3 is 2.32 bits per heavy atom. The van der Waals surface area contributed by atoms with E-state index in [-0.39, 0.29) is 6.10 Å². The van der Waals surface area contributed by atoms with E-state index in [1.54, 1.807) is 6.92 Å². The van der Waals surface area contributed by atoms with E-state index in [1.807, 2.05) is 13.0 Å². The van der Waals surface area contributed by atoms with Crippen LogP contribution in [0.3, 0.4) is 0 Å². The lowest BCUT2D eigenvalue weighted by Crippen LogP contribution is -2.37. The van der Waals surface area contributed by atoms with Crippen LogP contribution in [0.25, 0.3) is 0 Å². The maximum absolute atomic E-state index is 9.63. The molecule has 1 fully saturated rings. The van der Waals surface area contributed by atoms with Crippen LogP contribution in [0.2, 0.25) is 0 Å². The van der Waals surface area contributed by atoms with E-state index in [0.29, 0.717) is 5.92 Å². The molecule has 0 aromatic heterocycles. The van der Waals surface area contributed by atoms with Crippen molar-refractivity contribution in [3.05, 3.63) is 28.2 Å². The molecule has 0 amide bonds. The Morgan fingerprint density at radius 2 is 1.84 bits per heavy atom. The predicted octanol–water partition coefficient (Wildman–Crippen LogP) is 3.10. The topological polar surface area (TPSA) is 43.7 Å². The first kappa shape index (κ1) is 14.8. The molecule has 19 heavy (non-hydrogen) atoms. The first-order valence-electron chi connectivity index (χ1n) is 6.89. The zero-order valence-electron chi connectivity index (χ0n) is 11.5. The smallest absolute Gasteiger partial charge is 0.0772 e. The molecule has 0 aliphatic carbocycles. The second-order valence-corrected chi connectivity index (χ2v) is 6.30. The van der Waals surface area contributed by atoms with E-state index in [2.05, 4.69) is 33.0 Å². The van der Waals surface area contributed by atoms with Gasteiger partial charge < -0.3 is 15.1 Å². The van der Waals surface area contributed by atoms with Crippen LogP contribution < -0.4 is 4.90 Å². The van der Waals surface area contributed by atoms with Crippen LogP contribution in [0.15, 0.2) is 22.7 Å². The average molecular weight is 328 g/mol. The molecular formula is C15H22BrNO2. The van der Waals surface area contributed by atoms with Crippen LogP contribution in [-0.2, 0) is 0 Å². The fourth-order valence-electron chi connectivity index (χ4n) is 2.69. The van der Waals surface area contributed by atoms with Crippen LogP contribution in [-0.4, -0.2) is 29.4 Å². The highest BCUT2D eigenvalue weighted by atomic mass is 79.9. The molecule has 2 unspecified atom stereocenters. The molecule has 1 heterocycles. The maximum atomic E-state index is 9.63. The van der Waals surface area contributed by atoms with Gasteiger partial charge in [-0.05, 0) is 50.3 Å². The second-order valence-electron chi connectivity index (χ2n) is 5.45. The number of aliphatic hydroxyl groups excluding tert-OH is 2. The summed E-state index contributed by atoms with van der Waals surface area (Å²) in [4.78, 5) is 2.34. The normalized spacial score (nSPS) is 20.4. The fourth-order valence-corrected chi connectivity index (χ4v) is 3.39. The zero-order chi connectivity index (χ0) is 14.0. The van der Waals surface area contributed by atoms with Crippen molar-refractivity contribution in [1.82, 2.24) is 0 Å². The van der Waals surface area contributed by atoms with Crippen LogP contribution in [0.4, 0.5) is 5.69 Å². The molecular weight excluding hydrogens is 306 g/mol. The lowest BCUT2D eigenvalue weighted by molar-refractivity contribution is 0.110. The van der Waals surface area contributed by atoms with Crippen LogP contribution in [0.1, 0.15) is 38.4 Å². The fraction of sp³-hybridized carbons (Fsp3) is 0.600. The quantitative estimate of drug-likeness (QED) is 0.896. The van der Waals surface area contributed by atoms with Gasteiger partial charge in [0, 0.05) is 23.2 Å². The number of nitrogens with zero attached hydrogens (tertiary/aromatic N) is 1. The van der Waals surface area contributed by atoms with Crippen molar-refractivity contribution in [3.63, 3.8) is 0 Å². The molecule has 2 rings (SSSR count). The van der Waals surface area contributed by atoms with Crippen molar-refractivity contribution in [2.75, 3.05) is 18.0 Å². The summed E-state index contributed by atoms with van der Waals surface area (Å²) in [5, 5.41) is 19.3. The van der Waals surface area contributed by atoms with Crippen molar-refractivity contribution >= 4 is 21.6 Å². The molecule has 0 spiro atoms. The standard InChI is InChI=1S/C15H22BrNO2/c1-10(18)12-5-7-17(8-6-12)13-3-4-14(11(2)19)15(16)9-13/h3-4,9-12,18-19H,5-8H2,1-2H3. The number of piperidine rings is 1. The molecule has 4 heteroatoms. The van der Waals surface area contributed by atoms with Crippen molar-refractivity contribution in [3.8, 4) is 0 Å². The number of benzene rings is 1. The predicted molar refractivity (Wildman–Crippen MR) is 81.4 cm³/mol. The van der Waals surface area contributed by atoms with Gasteiger partial charge in [-0.25, -0.2) is 0 Å². The summed E-state index contributed by atoms with van der Waals surface area (Å²) in [6.07, 6.45) is 1.41. The van der Waals surface area contributed by atoms with Gasteiger partial charge in [-0.2, -0.15) is 0 Å². The Kier molecular flexibility index (Phi) is 4.87. The Labute approximate surface area is 123 Å². The Balaban J connectivity index is 2.06. The summed E-state index contributed by atoms with van der Waals surface area (Å²) in [5.41, 5.74) is 2.10. The minimum atomic E-state index is -0.454. The minimum Gasteiger partial charge on any atom is -0.393 e. The number of halogens is 1. The largest absolute Gasteiger partial charge is 0.393 e. The molecule has 1 aliphatic rings. The van der Waals surface area contributed by atoms with Crippen molar-refractivity contribution in [2.45, 2.75) is 38.9 Å². The number of hydrogen-bond donors (Lipinski definition) is 2. The van der Waals surface area contributed by atoms with Crippen molar-refractivity contribution in [1.29, 1.82) is 0 Å². The lowest BCUT2D eigenvalue weighted by Gasteiger charge is -2.35. The summed E-state index contributed by atoms with van der Waals surface area (Å²) in [6.45, 7) is 5.62. The van der Waals surface area contributed by atoms with Crippen LogP contribution in [0, 0.1) is 5.92 Å². The van der Waals surface area contributed by atoms with Gasteiger partial charge in [-0.1, -0.05) is 22.0 Å². The van der Waals surface area contributed by atoms with Gasteiger partial charge in [-0.3, -0.25) is 0 Å². The van der Waals surface area contributed by atoms with E-state index in [4.69, 9.17) is 0 Å². The van der Waals surface area contributed by atoms with Gasteiger partial charge in [0.05, 0.1) is 12.2 Å². The molecule has 106 valence electrons. The highest BCUT2D eigenvalue weighted by Gasteiger charge is 2.23. The number of anilines is 1. The van der Waals surface area contributed by atoms with E-state index in [1.165, 1.54) is 5.69 Å². The number of hydrogen-bond acceptors (Lipinski definition) is 3. The summed E-state index contributed by atoms with van der Waals surface area (Å²) in [7, 11) is 0. The van der Waals surface area contributed by atoms with Gasteiger partial charge in [0.1, 0.15) is 0 Å².